The minimum Gasteiger partial charge on any atom is -0.361 e. The summed E-state index contributed by atoms with van der Waals surface area (Å²) in [6, 6.07) is 0. The van der Waals surface area contributed by atoms with E-state index in [1.807, 2.05) is 0 Å². The minimum atomic E-state index is 0.419. The fourth-order valence-electron chi connectivity index (χ4n) is 2.54. The van der Waals surface area contributed by atoms with Gasteiger partial charge in [-0.1, -0.05) is 32.3 Å². The van der Waals surface area contributed by atoms with Crippen LogP contribution in [0.2, 0.25) is 0 Å². The van der Waals surface area contributed by atoms with Crippen LogP contribution in [0.1, 0.15) is 50.6 Å². The zero-order chi connectivity index (χ0) is 11.8. The predicted molar refractivity (Wildman–Crippen MR) is 68.8 cm³/mol. The van der Waals surface area contributed by atoms with Gasteiger partial charge in [0, 0.05) is 17.7 Å². The molecule has 3 heteroatoms. The van der Waals surface area contributed by atoms with E-state index in [-0.39, 0.29) is 0 Å². The predicted octanol–water partition coefficient (Wildman–Crippen LogP) is 3.65. The second kappa shape index (κ2) is 4.44. The lowest BCUT2D eigenvalue weighted by molar-refractivity contribution is 0.176. The van der Waals surface area contributed by atoms with Crippen LogP contribution in [0.4, 0.5) is 0 Å². The number of hydrogen-bond acceptors (Lipinski definition) is 3. The molecular formula is C13H21NOS. The first kappa shape index (κ1) is 12.0. The van der Waals surface area contributed by atoms with Gasteiger partial charge in [0.25, 0.3) is 0 Å². The van der Waals surface area contributed by atoms with Crippen molar-refractivity contribution in [3.8, 4) is 0 Å². The molecular weight excluding hydrogens is 218 g/mol. The van der Waals surface area contributed by atoms with E-state index in [1.165, 1.54) is 18.4 Å². The lowest BCUT2D eigenvalue weighted by Gasteiger charge is -2.35. The molecule has 1 aromatic rings. The fraction of sp³-hybridized carbons (Fsp3) is 0.769. The summed E-state index contributed by atoms with van der Waals surface area (Å²) < 4.78 is 5.37. The van der Waals surface area contributed by atoms with Gasteiger partial charge in [0.15, 0.2) is 0 Å². The Kier molecular flexibility index (Phi) is 3.34. The maximum absolute atomic E-state index is 5.37. The van der Waals surface area contributed by atoms with E-state index in [0.717, 1.165) is 30.2 Å². The van der Waals surface area contributed by atoms with Crippen LogP contribution in [0.5, 0.6) is 0 Å². The SMILES string of the molecule is CCC(C)(C)C1CCc2onc(CS)c2C1. The first-order valence-electron chi connectivity index (χ1n) is 6.15. The molecule has 0 saturated carbocycles. The summed E-state index contributed by atoms with van der Waals surface area (Å²) in [7, 11) is 0. The largest absolute Gasteiger partial charge is 0.361 e. The van der Waals surface area contributed by atoms with E-state index < -0.39 is 0 Å². The third-order valence-corrected chi connectivity index (χ3v) is 4.59. The van der Waals surface area contributed by atoms with E-state index in [4.69, 9.17) is 4.52 Å². The van der Waals surface area contributed by atoms with Gasteiger partial charge >= 0.3 is 0 Å². The number of nitrogens with zero attached hydrogens (tertiary/aromatic N) is 1. The van der Waals surface area contributed by atoms with Gasteiger partial charge in [0.2, 0.25) is 0 Å². The van der Waals surface area contributed by atoms with Crippen molar-refractivity contribution in [3.63, 3.8) is 0 Å². The number of thiol groups is 1. The van der Waals surface area contributed by atoms with Crippen molar-refractivity contribution in [1.29, 1.82) is 0 Å². The first-order chi connectivity index (χ1) is 7.58. The second-order valence-corrected chi connectivity index (χ2v) is 5.79. The van der Waals surface area contributed by atoms with Crippen molar-refractivity contribution < 1.29 is 4.52 Å². The van der Waals surface area contributed by atoms with Gasteiger partial charge in [-0.05, 0) is 24.2 Å². The number of aromatic nitrogens is 1. The fourth-order valence-corrected chi connectivity index (χ4v) is 2.79. The van der Waals surface area contributed by atoms with Crippen LogP contribution in [0.15, 0.2) is 4.52 Å². The van der Waals surface area contributed by atoms with E-state index in [1.54, 1.807) is 0 Å². The summed E-state index contributed by atoms with van der Waals surface area (Å²) in [6.45, 7) is 7.02. The van der Waals surface area contributed by atoms with E-state index >= 15 is 0 Å². The molecule has 0 spiro atoms. The van der Waals surface area contributed by atoms with Crippen molar-refractivity contribution in [3.05, 3.63) is 17.0 Å². The van der Waals surface area contributed by atoms with E-state index in [0.29, 0.717) is 11.2 Å². The topological polar surface area (TPSA) is 26.0 Å². The highest BCUT2D eigenvalue weighted by Crippen LogP contribution is 2.40. The number of hydrogen-bond donors (Lipinski definition) is 1. The number of rotatable bonds is 3. The first-order valence-corrected chi connectivity index (χ1v) is 6.79. The molecule has 1 unspecified atom stereocenters. The highest BCUT2D eigenvalue weighted by atomic mass is 32.1. The monoisotopic (exact) mass is 239 g/mol. The van der Waals surface area contributed by atoms with Crippen molar-refractivity contribution in [2.24, 2.45) is 11.3 Å². The quantitative estimate of drug-likeness (QED) is 0.815. The van der Waals surface area contributed by atoms with Crippen LogP contribution in [-0.2, 0) is 18.6 Å². The Labute approximate surface area is 103 Å². The lowest BCUT2D eigenvalue weighted by Crippen LogP contribution is -2.28. The highest BCUT2D eigenvalue weighted by molar-refractivity contribution is 7.79. The summed E-state index contributed by atoms with van der Waals surface area (Å²) in [5.74, 6) is 2.55. The molecule has 0 bridgehead atoms. The van der Waals surface area contributed by atoms with Crippen LogP contribution in [0.25, 0.3) is 0 Å². The van der Waals surface area contributed by atoms with Gasteiger partial charge in [0.05, 0.1) is 5.69 Å². The van der Waals surface area contributed by atoms with Crippen molar-refractivity contribution in [2.45, 2.75) is 52.2 Å². The van der Waals surface area contributed by atoms with Gasteiger partial charge in [-0.15, -0.1) is 0 Å². The summed E-state index contributed by atoms with van der Waals surface area (Å²) in [6.07, 6.45) is 4.63. The normalized spacial score (nSPS) is 20.9. The number of aryl methyl sites for hydroxylation is 1. The third kappa shape index (κ3) is 2.02. The number of fused-ring (bicyclic) bond motifs is 1. The zero-order valence-electron chi connectivity index (χ0n) is 10.4. The standard InChI is InChI=1S/C13H21NOS/c1-4-13(2,3)9-5-6-12-10(7-9)11(8-16)14-15-12/h9,16H,4-8H2,1-3H3. The molecule has 16 heavy (non-hydrogen) atoms. The molecule has 0 aromatic carbocycles. The summed E-state index contributed by atoms with van der Waals surface area (Å²) >= 11 is 4.31. The molecule has 1 aliphatic carbocycles. The maximum Gasteiger partial charge on any atom is 0.140 e. The highest BCUT2D eigenvalue weighted by Gasteiger charge is 2.33. The van der Waals surface area contributed by atoms with Crippen molar-refractivity contribution in [1.82, 2.24) is 5.16 Å². The van der Waals surface area contributed by atoms with Gasteiger partial charge in [-0.3, -0.25) is 0 Å². The summed E-state index contributed by atoms with van der Waals surface area (Å²) in [5, 5.41) is 4.11. The van der Waals surface area contributed by atoms with Crippen LogP contribution >= 0.6 is 12.6 Å². The van der Waals surface area contributed by atoms with E-state index in [9.17, 15) is 0 Å². The van der Waals surface area contributed by atoms with E-state index in [2.05, 4.69) is 38.6 Å². The molecule has 0 amide bonds. The smallest absolute Gasteiger partial charge is 0.140 e. The van der Waals surface area contributed by atoms with Gasteiger partial charge in [0.1, 0.15) is 5.76 Å². The zero-order valence-corrected chi connectivity index (χ0v) is 11.3. The average Bonchev–Trinajstić information content (AvgIpc) is 2.70. The van der Waals surface area contributed by atoms with Crippen LogP contribution in [-0.4, -0.2) is 5.16 Å². The maximum atomic E-state index is 5.37. The molecule has 90 valence electrons. The molecule has 0 aliphatic heterocycles. The van der Waals surface area contributed by atoms with Gasteiger partial charge in [-0.25, -0.2) is 0 Å². The molecule has 2 nitrogen and oxygen atoms in total. The molecule has 1 aliphatic rings. The Morgan fingerprint density at radius 3 is 2.88 bits per heavy atom. The Bertz CT molecular complexity index is 357. The van der Waals surface area contributed by atoms with Gasteiger partial charge < -0.3 is 4.52 Å². The molecule has 0 N–H and O–H groups in total. The van der Waals surface area contributed by atoms with Crippen LogP contribution in [0.3, 0.4) is 0 Å². The Balaban J connectivity index is 2.22. The van der Waals surface area contributed by atoms with Crippen LogP contribution < -0.4 is 0 Å². The summed E-state index contributed by atoms with van der Waals surface area (Å²) in [4.78, 5) is 0. The molecule has 0 fully saturated rings. The Morgan fingerprint density at radius 2 is 2.25 bits per heavy atom. The molecule has 0 saturated heterocycles. The Morgan fingerprint density at radius 1 is 1.50 bits per heavy atom. The minimum absolute atomic E-state index is 0.419. The molecule has 0 radical (unpaired) electrons. The summed E-state index contributed by atoms with van der Waals surface area (Å²) in [5.41, 5.74) is 2.81. The third-order valence-electron chi connectivity index (χ3n) is 4.29. The second-order valence-electron chi connectivity index (χ2n) is 5.47. The Hall–Kier alpha value is -0.440. The lowest BCUT2D eigenvalue weighted by atomic mass is 9.69. The van der Waals surface area contributed by atoms with Crippen molar-refractivity contribution >= 4 is 12.6 Å². The van der Waals surface area contributed by atoms with Crippen molar-refractivity contribution in [2.75, 3.05) is 0 Å². The van der Waals surface area contributed by atoms with Crippen LogP contribution in [0, 0.1) is 11.3 Å². The molecule has 1 aromatic heterocycles. The molecule has 1 heterocycles. The average molecular weight is 239 g/mol. The molecule has 2 rings (SSSR count). The van der Waals surface area contributed by atoms with Gasteiger partial charge in [-0.2, -0.15) is 12.6 Å². The molecule has 1 atom stereocenters.